The number of likely N-dealkylation sites (tertiary alicyclic amines) is 1. The van der Waals surface area contributed by atoms with Gasteiger partial charge in [-0.05, 0) is 32.8 Å². The number of rotatable bonds is 6. The highest BCUT2D eigenvalue weighted by molar-refractivity contribution is 5.80. The molecule has 7 heteroatoms. The van der Waals surface area contributed by atoms with E-state index in [9.17, 15) is 0 Å². The van der Waals surface area contributed by atoms with Crippen molar-refractivity contribution in [2.24, 2.45) is 4.99 Å². The quantitative estimate of drug-likeness (QED) is 0.605. The molecule has 1 N–H and O–H groups in total. The van der Waals surface area contributed by atoms with E-state index < -0.39 is 0 Å². The molecule has 150 valence electrons. The lowest BCUT2D eigenvalue weighted by atomic mass is 10.1. The lowest BCUT2D eigenvalue weighted by molar-refractivity contribution is 0.0263. The molecule has 0 aliphatic carbocycles. The predicted molar refractivity (Wildman–Crippen MR) is 108 cm³/mol. The lowest BCUT2D eigenvalue weighted by Gasteiger charge is -2.34. The Hall–Kier alpha value is -1.86. The summed E-state index contributed by atoms with van der Waals surface area (Å²) in [5.74, 6) is 2.03. The van der Waals surface area contributed by atoms with Crippen LogP contribution in [0.3, 0.4) is 0 Å². The molecule has 3 heterocycles. The Balaban J connectivity index is 1.67. The Morgan fingerprint density at radius 2 is 2.04 bits per heavy atom. The molecular formula is C20H33N5O2. The summed E-state index contributed by atoms with van der Waals surface area (Å²) in [7, 11) is 0. The largest absolute Gasteiger partial charge is 0.378 e. The molecule has 2 fully saturated rings. The zero-order valence-corrected chi connectivity index (χ0v) is 16.7. The van der Waals surface area contributed by atoms with E-state index in [-0.39, 0.29) is 0 Å². The number of guanidine groups is 1. The van der Waals surface area contributed by atoms with Crippen LogP contribution in [0.4, 0.5) is 5.82 Å². The summed E-state index contributed by atoms with van der Waals surface area (Å²) in [6.07, 6.45) is 4.37. The lowest BCUT2D eigenvalue weighted by Crippen LogP contribution is -2.47. The fourth-order valence-corrected chi connectivity index (χ4v) is 3.67. The van der Waals surface area contributed by atoms with Crippen molar-refractivity contribution in [3.8, 4) is 0 Å². The molecule has 0 saturated carbocycles. The van der Waals surface area contributed by atoms with Crippen LogP contribution in [0.1, 0.15) is 32.3 Å². The molecule has 0 atom stereocenters. The van der Waals surface area contributed by atoms with Crippen molar-refractivity contribution >= 4 is 11.8 Å². The average Bonchev–Trinajstić information content (AvgIpc) is 2.73. The van der Waals surface area contributed by atoms with Gasteiger partial charge < -0.3 is 24.6 Å². The molecule has 0 aromatic carbocycles. The van der Waals surface area contributed by atoms with E-state index in [0.717, 1.165) is 77.2 Å². The molecule has 0 radical (unpaired) electrons. The summed E-state index contributed by atoms with van der Waals surface area (Å²) in [4.78, 5) is 14.2. The van der Waals surface area contributed by atoms with Gasteiger partial charge in [-0.1, -0.05) is 6.07 Å². The number of hydrogen-bond donors (Lipinski definition) is 1. The molecule has 0 amide bonds. The number of aliphatic imine (C=N–C) groups is 1. The minimum Gasteiger partial charge on any atom is -0.378 e. The molecule has 7 nitrogen and oxygen atoms in total. The van der Waals surface area contributed by atoms with Gasteiger partial charge in [-0.3, -0.25) is 0 Å². The van der Waals surface area contributed by atoms with E-state index in [1.165, 1.54) is 5.56 Å². The molecule has 1 aromatic rings. The molecule has 2 saturated heterocycles. The van der Waals surface area contributed by atoms with Crippen LogP contribution in [-0.2, 0) is 16.0 Å². The summed E-state index contributed by atoms with van der Waals surface area (Å²) >= 11 is 0. The third-order valence-corrected chi connectivity index (χ3v) is 5.06. The minimum absolute atomic E-state index is 0.389. The minimum atomic E-state index is 0.389. The third kappa shape index (κ3) is 5.56. The number of aromatic nitrogens is 1. The number of nitrogens with one attached hydrogen (secondary N) is 1. The van der Waals surface area contributed by atoms with Crippen molar-refractivity contribution in [3.63, 3.8) is 0 Å². The van der Waals surface area contributed by atoms with Gasteiger partial charge in [0.1, 0.15) is 5.82 Å². The van der Waals surface area contributed by atoms with Gasteiger partial charge in [-0.25, -0.2) is 9.98 Å². The zero-order chi connectivity index (χ0) is 18.9. The Morgan fingerprint density at radius 1 is 1.26 bits per heavy atom. The number of anilines is 1. The average molecular weight is 376 g/mol. The monoisotopic (exact) mass is 375 g/mol. The Morgan fingerprint density at radius 3 is 2.74 bits per heavy atom. The van der Waals surface area contributed by atoms with Crippen LogP contribution in [-0.4, -0.2) is 74.5 Å². The first-order chi connectivity index (χ1) is 13.3. The van der Waals surface area contributed by atoms with Crippen molar-refractivity contribution in [2.45, 2.75) is 39.3 Å². The van der Waals surface area contributed by atoms with Gasteiger partial charge in [0.2, 0.25) is 0 Å². The normalized spacial score (nSPS) is 19.4. The first-order valence-corrected chi connectivity index (χ1v) is 10.2. The van der Waals surface area contributed by atoms with E-state index in [1.807, 2.05) is 12.3 Å². The van der Waals surface area contributed by atoms with Crippen LogP contribution in [0, 0.1) is 0 Å². The number of hydrogen-bond acceptors (Lipinski definition) is 5. The van der Waals surface area contributed by atoms with Crippen LogP contribution in [0.2, 0.25) is 0 Å². The molecule has 2 aliphatic rings. The maximum atomic E-state index is 5.77. The van der Waals surface area contributed by atoms with Crippen molar-refractivity contribution in [1.82, 2.24) is 15.2 Å². The van der Waals surface area contributed by atoms with Gasteiger partial charge in [-0.2, -0.15) is 0 Å². The second-order valence-corrected chi connectivity index (χ2v) is 6.90. The Bertz CT molecular complexity index is 596. The van der Waals surface area contributed by atoms with Gasteiger partial charge in [0.25, 0.3) is 0 Å². The number of ether oxygens (including phenoxy) is 2. The van der Waals surface area contributed by atoms with E-state index in [1.54, 1.807) is 0 Å². The van der Waals surface area contributed by atoms with E-state index >= 15 is 0 Å². The second kappa shape index (κ2) is 10.5. The van der Waals surface area contributed by atoms with Crippen molar-refractivity contribution in [1.29, 1.82) is 0 Å². The van der Waals surface area contributed by atoms with Crippen LogP contribution in [0.25, 0.3) is 0 Å². The van der Waals surface area contributed by atoms with Crippen molar-refractivity contribution in [2.75, 3.05) is 57.4 Å². The molecule has 1 aromatic heterocycles. The molecule has 0 unspecified atom stereocenters. The van der Waals surface area contributed by atoms with E-state index in [2.05, 4.69) is 40.0 Å². The third-order valence-electron chi connectivity index (χ3n) is 5.06. The molecular weight excluding hydrogens is 342 g/mol. The zero-order valence-electron chi connectivity index (χ0n) is 16.7. The molecule has 2 aliphatic heterocycles. The van der Waals surface area contributed by atoms with Crippen molar-refractivity contribution < 1.29 is 9.47 Å². The van der Waals surface area contributed by atoms with Crippen molar-refractivity contribution in [3.05, 3.63) is 23.9 Å². The molecule has 0 bridgehead atoms. The highest BCUT2D eigenvalue weighted by Crippen LogP contribution is 2.20. The Kier molecular flexibility index (Phi) is 7.71. The maximum Gasteiger partial charge on any atom is 0.194 e. The summed E-state index contributed by atoms with van der Waals surface area (Å²) in [5.41, 5.74) is 1.17. The maximum absolute atomic E-state index is 5.77. The molecule has 27 heavy (non-hydrogen) atoms. The van der Waals surface area contributed by atoms with E-state index in [0.29, 0.717) is 12.6 Å². The molecule has 0 spiro atoms. The van der Waals surface area contributed by atoms with Crippen LogP contribution < -0.4 is 10.2 Å². The summed E-state index contributed by atoms with van der Waals surface area (Å²) < 4.78 is 11.2. The topological polar surface area (TPSA) is 62.2 Å². The van der Waals surface area contributed by atoms with Crippen LogP contribution in [0.15, 0.2) is 23.3 Å². The summed E-state index contributed by atoms with van der Waals surface area (Å²) in [5, 5.41) is 3.45. The SMILES string of the molecule is CCNC(=NCc1cccnc1N1CCOCC1)N1CCC(OCC)CC1. The van der Waals surface area contributed by atoms with Gasteiger partial charge in [-0.15, -0.1) is 0 Å². The Labute approximate surface area is 162 Å². The standard InChI is InChI=1S/C20H33N5O2/c1-3-21-20(25-10-7-18(8-11-25)27-4-2)23-16-17-6-5-9-22-19(17)24-12-14-26-15-13-24/h5-6,9,18H,3-4,7-8,10-16H2,1-2H3,(H,21,23). The van der Waals surface area contributed by atoms with Crippen LogP contribution >= 0.6 is 0 Å². The fraction of sp³-hybridized carbons (Fsp3) is 0.700. The van der Waals surface area contributed by atoms with Gasteiger partial charge in [0, 0.05) is 51.1 Å². The first kappa shape index (κ1) is 19.9. The first-order valence-electron chi connectivity index (χ1n) is 10.2. The second-order valence-electron chi connectivity index (χ2n) is 6.90. The molecule has 3 rings (SSSR count). The predicted octanol–water partition coefficient (Wildman–Crippen LogP) is 1.88. The fourth-order valence-electron chi connectivity index (χ4n) is 3.67. The number of morpholine rings is 1. The number of nitrogens with zero attached hydrogens (tertiary/aromatic N) is 4. The highest BCUT2D eigenvalue weighted by atomic mass is 16.5. The smallest absolute Gasteiger partial charge is 0.194 e. The summed E-state index contributed by atoms with van der Waals surface area (Å²) in [6.45, 7) is 11.8. The van der Waals surface area contributed by atoms with E-state index in [4.69, 9.17) is 14.5 Å². The highest BCUT2D eigenvalue weighted by Gasteiger charge is 2.22. The number of pyridine rings is 1. The van der Waals surface area contributed by atoms with Gasteiger partial charge in [0.15, 0.2) is 5.96 Å². The van der Waals surface area contributed by atoms with Gasteiger partial charge in [0.05, 0.1) is 25.9 Å². The summed E-state index contributed by atoms with van der Waals surface area (Å²) in [6, 6.07) is 4.13. The number of piperidine rings is 1. The van der Waals surface area contributed by atoms with Gasteiger partial charge >= 0.3 is 0 Å². The van der Waals surface area contributed by atoms with Crippen LogP contribution in [0.5, 0.6) is 0 Å².